The molecular formula is C14H19NO4. The van der Waals surface area contributed by atoms with Crippen LogP contribution in [0.3, 0.4) is 0 Å². The lowest BCUT2D eigenvalue weighted by atomic mass is 10.1. The lowest BCUT2D eigenvalue weighted by molar-refractivity contribution is 0.0536. The average Bonchev–Trinajstić information content (AvgIpc) is 2.91. The summed E-state index contributed by atoms with van der Waals surface area (Å²) in [7, 11) is 0. The summed E-state index contributed by atoms with van der Waals surface area (Å²) in [4.78, 5) is 14.0. The first-order valence-corrected chi connectivity index (χ1v) is 6.54. The van der Waals surface area contributed by atoms with Crippen LogP contribution in [0.25, 0.3) is 0 Å². The SMILES string of the molecule is CCN(CC1CCCO1)C(=O)c1cc(O)ccc1O. The topological polar surface area (TPSA) is 70.0 Å². The molecular weight excluding hydrogens is 246 g/mol. The Morgan fingerprint density at radius 2 is 2.26 bits per heavy atom. The highest BCUT2D eigenvalue weighted by molar-refractivity contribution is 5.97. The molecule has 0 spiro atoms. The van der Waals surface area contributed by atoms with Crippen LogP contribution in [0, 0.1) is 0 Å². The molecule has 19 heavy (non-hydrogen) atoms. The first kappa shape index (κ1) is 13.7. The molecule has 1 saturated heterocycles. The first-order valence-electron chi connectivity index (χ1n) is 6.54. The van der Waals surface area contributed by atoms with Gasteiger partial charge in [-0.3, -0.25) is 4.79 Å². The van der Waals surface area contributed by atoms with Gasteiger partial charge in [0, 0.05) is 19.7 Å². The fraction of sp³-hybridized carbons (Fsp3) is 0.500. The minimum atomic E-state index is -0.286. The lowest BCUT2D eigenvalue weighted by Gasteiger charge is -2.24. The van der Waals surface area contributed by atoms with Crippen molar-refractivity contribution in [2.75, 3.05) is 19.7 Å². The van der Waals surface area contributed by atoms with E-state index >= 15 is 0 Å². The summed E-state index contributed by atoms with van der Waals surface area (Å²) < 4.78 is 5.52. The number of phenols is 2. The fourth-order valence-electron chi connectivity index (χ4n) is 2.26. The largest absolute Gasteiger partial charge is 0.508 e. The summed E-state index contributed by atoms with van der Waals surface area (Å²) in [6, 6.07) is 3.96. The van der Waals surface area contributed by atoms with Crippen molar-refractivity contribution in [1.82, 2.24) is 4.90 Å². The van der Waals surface area contributed by atoms with Crippen molar-refractivity contribution in [2.24, 2.45) is 0 Å². The number of carbonyl (C=O) groups excluding carboxylic acids is 1. The highest BCUT2D eigenvalue weighted by Gasteiger charge is 2.24. The van der Waals surface area contributed by atoms with Gasteiger partial charge in [-0.1, -0.05) is 0 Å². The first-order chi connectivity index (χ1) is 9.11. The molecule has 1 aliphatic heterocycles. The van der Waals surface area contributed by atoms with Gasteiger partial charge in [-0.05, 0) is 38.0 Å². The smallest absolute Gasteiger partial charge is 0.257 e. The molecule has 0 saturated carbocycles. The van der Waals surface area contributed by atoms with Crippen LogP contribution in [-0.2, 0) is 4.74 Å². The summed E-state index contributed by atoms with van der Waals surface area (Å²) in [6.07, 6.45) is 2.05. The number of carbonyl (C=O) groups is 1. The van der Waals surface area contributed by atoms with E-state index in [1.54, 1.807) is 4.90 Å². The summed E-state index contributed by atoms with van der Waals surface area (Å²) in [5.41, 5.74) is 0.125. The number of aromatic hydroxyl groups is 2. The molecule has 0 radical (unpaired) electrons. The Kier molecular flexibility index (Phi) is 4.27. The molecule has 1 fully saturated rings. The van der Waals surface area contributed by atoms with Gasteiger partial charge in [-0.2, -0.15) is 0 Å². The monoisotopic (exact) mass is 265 g/mol. The van der Waals surface area contributed by atoms with Gasteiger partial charge in [0.05, 0.1) is 11.7 Å². The van der Waals surface area contributed by atoms with Gasteiger partial charge in [0.2, 0.25) is 0 Å². The van der Waals surface area contributed by atoms with Gasteiger partial charge in [0.15, 0.2) is 0 Å². The number of hydrogen-bond acceptors (Lipinski definition) is 4. The summed E-state index contributed by atoms with van der Waals surface area (Å²) >= 11 is 0. The Morgan fingerprint density at radius 3 is 2.89 bits per heavy atom. The maximum absolute atomic E-state index is 12.3. The number of amides is 1. The standard InChI is InChI=1S/C14H19NO4/c1-2-15(9-11-4-3-7-19-11)14(18)12-8-10(16)5-6-13(12)17/h5-6,8,11,16-17H,2-4,7,9H2,1H3. The van der Waals surface area contributed by atoms with Crippen molar-refractivity contribution in [3.8, 4) is 11.5 Å². The number of rotatable bonds is 4. The van der Waals surface area contributed by atoms with Gasteiger partial charge < -0.3 is 19.8 Å². The third-order valence-electron chi connectivity index (χ3n) is 3.33. The van der Waals surface area contributed by atoms with Crippen molar-refractivity contribution in [1.29, 1.82) is 0 Å². The number of hydrogen-bond donors (Lipinski definition) is 2. The molecule has 1 aliphatic rings. The predicted octanol–water partition coefficient (Wildman–Crippen LogP) is 1.74. The van der Waals surface area contributed by atoms with Gasteiger partial charge >= 0.3 is 0 Å². The van der Waals surface area contributed by atoms with Crippen LogP contribution in [0.4, 0.5) is 0 Å². The van der Waals surface area contributed by atoms with Crippen LogP contribution in [0.1, 0.15) is 30.1 Å². The van der Waals surface area contributed by atoms with Crippen LogP contribution < -0.4 is 0 Å². The normalized spacial score (nSPS) is 18.5. The third-order valence-corrected chi connectivity index (χ3v) is 3.33. The van der Waals surface area contributed by atoms with Gasteiger partial charge in [-0.25, -0.2) is 0 Å². The average molecular weight is 265 g/mol. The Morgan fingerprint density at radius 1 is 1.47 bits per heavy atom. The zero-order valence-corrected chi connectivity index (χ0v) is 11.0. The Hall–Kier alpha value is -1.75. The van der Waals surface area contributed by atoms with Crippen LogP contribution in [0.15, 0.2) is 18.2 Å². The van der Waals surface area contributed by atoms with E-state index in [1.165, 1.54) is 18.2 Å². The number of nitrogens with zero attached hydrogens (tertiary/aromatic N) is 1. The molecule has 1 heterocycles. The molecule has 1 unspecified atom stereocenters. The highest BCUT2D eigenvalue weighted by atomic mass is 16.5. The maximum Gasteiger partial charge on any atom is 0.257 e. The minimum absolute atomic E-state index is 0.0330. The lowest BCUT2D eigenvalue weighted by Crippen LogP contribution is -2.37. The Balaban J connectivity index is 2.12. The summed E-state index contributed by atoms with van der Waals surface area (Å²) in [5.74, 6) is -0.436. The van der Waals surface area contributed by atoms with E-state index in [1.807, 2.05) is 6.92 Å². The molecule has 5 heteroatoms. The Bertz CT molecular complexity index is 455. The number of benzene rings is 1. The molecule has 0 aromatic heterocycles. The zero-order valence-electron chi connectivity index (χ0n) is 11.0. The van der Waals surface area contributed by atoms with E-state index in [0.29, 0.717) is 13.1 Å². The quantitative estimate of drug-likeness (QED) is 0.814. The van der Waals surface area contributed by atoms with E-state index < -0.39 is 0 Å². The molecule has 1 amide bonds. The van der Waals surface area contributed by atoms with E-state index in [2.05, 4.69) is 0 Å². The summed E-state index contributed by atoms with van der Waals surface area (Å²) in [6.45, 7) is 3.68. The molecule has 2 N–H and O–H groups in total. The van der Waals surface area contributed by atoms with E-state index in [9.17, 15) is 15.0 Å². The number of phenolic OH excluding ortho intramolecular Hbond substituents is 2. The van der Waals surface area contributed by atoms with E-state index in [4.69, 9.17) is 4.74 Å². The molecule has 0 bridgehead atoms. The van der Waals surface area contributed by atoms with Crippen molar-refractivity contribution in [2.45, 2.75) is 25.9 Å². The summed E-state index contributed by atoms with van der Waals surface area (Å²) in [5, 5.41) is 19.1. The molecule has 2 rings (SSSR count). The van der Waals surface area contributed by atoms with E-state index in [0.717, 1.165) is 19.4 Å². The molecule has 1 aromatic rings. The molecule has 1 atom stereocenters. The van der Waals surface area contributed by atoms with Crippen LogP contribution in [0.2, 0.25) is 0 Å². The molecule has 104 valence electrons. The van der Waals surface area contributed by atoms with Crippen molar-refractivity contribution in [3.05, 3.63) is 23.8 Å². The Labute approximate surface area is 112 Å². The molecule has 5 nitrogen and oxygen atoms in total. The third kappa shape index (κ3) is 3.17. The van der Waals surface area contributed by atoms with Gasteiger partial charge in [0.1, 0.15) is 11.5 Å². The second kappa shape index (κ2) is 5.93. The van der Waals surface area contributed by atoms with Crippen LogP contribution in [-0.4, -0.2) is 46.8 Å². The van der Waals surface area contributed by atoms with Crippen molar-refractivity contribution in [3.63, 3.8) is 0 Å². The van der Waals surface area contributed by atoms with E-state index in [-0.39, 0.29) is 29.1 Å². The zero-order chi connectivity index (χ0) is 13.8. The predicted molar refractivity (Wildman–Crippen MR) is 70.3 cm³/mol. The molecule has 1 aromatic carbocycles. The maximum atomic E-state index is 12.3. The van der Waals surface area contributed by atoms with Crippen LogP contribution >= 0.6 is 0 Å². The second-order valence-corrected chi connectivity index (χ2v) is 4.68. The molecule has 0 aliphatic carbocycles. The second-order valence-electron chi connectivity index (χ2n) is 4.68. The number of likely N-dealkylation sites (N-methyl/N-ethyl adjacent to an activating group) is 1. The highest BCUT2D eigenvalue weighted by Crippen LogP contribution is 2.24. The van der Waals surface area contributed by atoms with Crippen molar-refractivity contribution >= 4 is 5.91 Å². The fourth-order valence-corrected chi connectivity index (χ4v) is 2.26. The van der Waals surface area contributed by atoms with Crippen molar-refractivity contribution < 1.29 is 19.7 Å². The minimum Gasteiger partial charge on any atom is -0.508 e. The van der Waals surface area contributed by atoms with Crippen LogP contribution in [0.5, 0.6) is 11.5 Å². The number of ether oxygens (including phenoxy) is 1. The van der Waals surface area contributed by atoms with Gasteiger partial charge in [0.25, 0.3) is 5.91 Å². The van der Waals surface area contributed by atoms with Gasteiger partial charge in [-0.15, -0.1) is 0 Å².